The average Bonchev–Trinajstić information content (AvgIpc) is 2.43. The molecular weight excluding hydrogens is 238 g/mol. The molecule has 2 aromatic rings. The van der Waals surface area contributed by atoms with E-state index < -0.39 is 0 Å². The Morgan fingerprint density at radius 1 is 1.21 bits per heavy atom. The number of aryl methyl sites for hydroxylation is 1. The number of fused-ring (bicyclic) bond motifs is 1. The lowest BCUT2D eigenvalue weighted by Crippen LogP contribution is -2.42. The van der Waals surface area contributed by atoms with Crippen molar-refractivity contribution in [2.45, 2.75) is 26.4 Å². The maximum absolute atomic E-state index is 9.84. The molecule has 2 atom stereocenters. The zero-order chi connectivity index (χ0) is 13.4. The first kappa shape index (κ1) is 12.4. The van der Waals surface area contributed by atoms with Crippen molar-refractivity contribution < 1.29 is 5.11 Å². The first-order chi connectivity index (χ1) is 9.16. The van der Waals surface area contributed by atoms with Crippen LogP contribution in [0.5, 0.6) is 0 Å². The predicted octanol–water partition coefficient (Wildman–Crippen LogP) is 2.15. The quantitative estimate of drug-likeness (QED) is 0.850. The molecule has 1 aliphatic rings. The van der Waals surface area contributed by atoms with Crippen molar-refractivity contribution >= 4 is 16.6 Å². The summed E-state index contributed by atoms with van der Waals surface area (Å²) in [5.74, 6) is 1.22. The van der Waals surface area contributed by atoms with E-state index in [2.05, 4.69) is 34.2 Å². The lowest BCUT2D eigenvalue weighted by Gasteiger charge is -2.35. The van der Waals surface area contributed by atoms with Crippen LogP contribution >= 0.6 is 0 Å². The van der Waals surface area contributed by atoms with Gasteiger partial charge >= 0.3 is 0 Å². The molecule has 0 bridgehead atoms. The number of nitrogens with zero attached hydrogens (tertiary/aromatic N) is 3. The minimum absolute atomic E-state index is 0.194. The predicted molar refractivity (Wildman–Crippen MR) is 76.3 cm³/mol. The number of hydrogen-bond acceptors (Lipinski definition) is 4. The van der Waals surface area contributed by atoms with Crippen molar-refractivity contribution in [2.75, 3.05) is 18.0 Å². The molecule has 3 rings (SSSR count). The average molecular weight is 257 g/mol. The van der Waals surface area contributed by atoms with Crippen LogP contribution in [0.3, 0.4) is 0 Å². The van der Waals surface area contributed by atoms with E-state index in [1.54, 1.807) is 0 Å². The third kappa shape index (κ3) is 2.16. The summed E-state index contributed by atoms with van der Waals surface area (Å²) in [5, 5.41) is 20.8. The molecule has 0 spiro atoms. The highest BCUT2D eigenvalue weighted by molar-refractivity contribution is 5.93. The van der Waals surface area contributed by atoms with Gasteiger partial charge in [-0.05, 0) is 19.3 Å². The minimum Gasteiger partial charge on any atom is -0.393 e. The standard InChI is InChI=1S/C15H19N3O/c1-10-9-18(8-7-14(10)19)15-13-6-4-3-5-12(13)11(2)16-17-15/h3-6,10,14,19H,7-9H2,1-2H3. The SMILES string of the molecule is Cc1nnc(N2CCC(O)C(C)C2)c2ccccc12. The van der Waals surface area contributed by atoms with E-state index in [1.807, 2.05) is 19.1 Å². The fraction of sp³-hybridized carbons (Fsp3) is 0.467. The summed E-state index contributed by atoms with van der Waals surface area (Å²) in [4.78, 5) is 2.24. The van der Waals surface area contributed by atoms with Gasteiger partial charge in [-0.15, -0.1) is 5.10 Å². The molecule has 0 radical (unpaired) electrons. The Kier molecular flexibility index (Phi) is 3.11. The van der Waals surface area contributed by atoms with Gasteiger partial charge in [0.25, 0.3) is 0 Å². The highest BCUT2D eigenvalue weighted by Crippen LogP contribution is 2.28. The molecule has 1 aromatic carbocycles. The van der Waals surface area contributed by atoms with Crippen LogP contribution in [0, 0.1) is 12.8 Å². The van der Waals surface area contributed by atoms with E-state index in [-0.39, 0.29) is 12.0 Å². The van der Waals surface area contributed by atoms with Gasteiger partial charge in [-0.2, -0.15) is 5.10 Å². The first-order valence-electron chi connectivity index (χ1n) is 6.82. The highest BCUT2D eigenvalue weighted by Gasteiger charge is 2.26. The Balaban J connectivity index is 2.04. The first-order valence-corrected chi connectivity index (χ1v) is 6.82. The van der Waals surface area contributed by atoms with Gasteiger partial charge in [0.15, 0.2) is 5.82 Å². The van der Waals surface area contributed by atoms with E-state index in [4.69, 9.17) is 0 Å². The molecule has 2 unspecified atom stereocenters. The zero-order valence-electron chi connectivity index (χ0n) is 11.4. The molecule has 1 N–H and O–H groups in total. The number of aromatic nitrogens is 2. The van der Waals surface area contributed by atoms with Crippen molar-refractivity contribution in [1.29, 1.82) is 0 Å². The topological polar surface area (TPSA) is 49.2 Å². The molecule has 1 aliphatic heterocycles. The second-order valence-electron chi connectivity index (χ2n) is 5.43. The second kappa shape index (κ2) is 4.78. The van der Waals surface area contributed by atoms with Gasteiger partial charge in [-0.3, -0.25) is 0 Å². The Morgan fingerprint density at radius 3 is 2.68 bits per heavy atom. The summed E-state index contributed by atoms with van der Waals surface area (Å²) in [5.41, 5.74) is 0.962. The van der Waals surface area contributed by atoms with Crippen molar-refractivity contribution in [1.82, 2.24) is 10.2 Å². The maximum Gasteiger partial charge on any atom is 0.159 e. The van der Waals surface area contributed by atoms with Crippen LogP contribution in [0.2, 0.25) is 0 Å². The van der Waals surface area contributed by atoms with Crippen molar-refractivity contribution in [3.63, 3.8) is 0 Å². The lowest BCUT2D eigenvalue weighted by molar-refractivity contribution is 0.0969. The summed E-state index contributed by atoms with van der Waals surface area (Å²) in [7, 11) is 0. The molecule has 1 aromatic heterocycles. The van der Waals surface area contributed by atoms with Crippen LogP contribution in [0.15, 0.2) is 24.3 Å². The molecule has 4 heteroatoms. The van der Waals surface area contributed by atoms with Gasteiger partial charge in [0.1, 0.15) is 0 Å². The van der Waals surface area contributed by atoms with Gasteiger partial charge < -0.3 is 10.0 Å². The number of aliphatic hydroxyl groups is 1. The molecule has 4 nitrogen and oxygen atoms in total. The largest absolute Gasteiger partial charge is 0.393 e. The minimum atomic E-state index is -0.194. The van der Waals surface area contributed by atoms with Gasteiger partial charge in [0.2, 0.25) is 0 Å². The second-order valence-corrected chi connectivity index (χ2v) is 5.43. The van der Waals surface area contributed by atoms with Crippen LogP contribution in [0.4, 0.5) is 5.82 Å². The van der Waals surface area contributed by atoms with E-state index in [1.165, 1.54) is 0 Å². The van der Waals surface area contributed by atoms with Gasteiger partial charge in [0, 0.05) is 23.9 Å². The zero-order valence-corrected chi connectivity index (χ0v) is 11.4. The fourth-order valence-electron chi connectivity index (χ4n) is 2.78. The summed E-state index contributed by atoms with van der Waals surface area (Å²) in [6.07, 6.45) is 0.603. The highest BCUT2D eigenvalue weighted by atomic mass is 16.3. The van der Waals surface area contributed by atoms with Gasteiger partial charge in [-0.25, -0.2) is 0 Å². The van der Waals surface area contributed by atoms with E-state index in [9.17, 15) is 5.11 Å². The van der Waals surface area contributed by atoms with Crippen LogP contribution in [-0.4, -0.2) is 34.5 Å². The van der Waals surface area contributed by atoms with Crippen LogP contribution in [-0.2, 0) is 0 Å². The molecule has 0 amide bonds. The van der Waals surface area contributed by atoms with Crippen molar-refractivity contribution in [3.8, 4) is 0 Å². The third-order valence-electron chi connectivity index (χ3n) is 4.01. The van der Waals surface area contributed by atoms with Gasteiger partial charge in [-0.1, -0.05) is 31.2 Å². The van der Waals surface area contributed by atoms with Crippen LogP contribution < -0.4 is 4.90 Å². The van der Waals surface area contributed by atoms with E-state index in [0.29, 0.717) is 0 Å². The Morgan fingerprint density at radius 2 is 1.95 bits per heavy atom. The number of piperidine rings is 1. The van der Waals surface area contributed by atoms with Crippen molar-refractivity contribution in [2.24, 2.45) is 5.92 Å². The van der Waals surface area contributed by atoms with Crippen molar-refractivity contribution in [3.05, 3.63) is 30.0 Å². The molecule has 100 valence electrons. The molecule has 1 saturated heterocycles. The van der Waals surface area contributed by atoms with Gasteiger partial charge in [0.05, 0.1) is 11.8 Å². The van der Waals surface area contributed by atoms with Crippen LogP contribution in [0.1, 0.15) is 19.0 Å². The summed E-state index contributed by atoms with van der Waals surface area (Å²) in [6.45, 7) is 5.75. The fourth-order valence-corrected chi connectivity index (χ4v) is 2.78. The summed E-state index contributed by atoms with van der Waals surface area (Å²) in [6, 6.07) is 8.26. The van der Waals surface area contributed by atoms with Crippen LogP contribution in [0.25, 0.3) is 10.8 Å². The molecular formula is C15H19N3O. The molecule has 0 aliphatic carbocycles. The number of anilines is 1. The monoisotopic (exact) mass is 257 g/mol. The van der Waals surface area contributed by atoms with E-state index in [0.717, 1.165) is 41.8 Å². The molecule has 0 saturated carbocycles. The third-order valence-corrected chi connectivity index (χ3v) is 4.01. The molecule has 1 fully saturated rings. The van der Waals surface area contributed by atoms with E-state index >= 15 is 0 Å². The number of hydrogen-bond donors (Lipinski definition) is 1. The molecule has 19 heavy (non-hydrogen) atoms. The number of rotatable bonds is 1. The lowest BCUT2D eigenvalue weighted by atomic mass is 9.96. The Bertz CT molecular complexity index is 599. The maximum atomic E-state index is 9.84. The summed E-state index contributed by atoms with van der Waals surface area (Å²) >= 11 is 0. The number of aliphatic hydroxyl groups excluding tert-OH is 1. The number of benzene rings is 1. The normalized spacial score (nSPS) is 23.8. The molecule has 2 heterocycles. The Labute approximate surface area is 113 Å². The summed E-state index contributed by atoms with van der Waals surface area (Å²) < 4.78 is 0. The smallest absolute Gasteiger partial charge is 0.159 e. The Hall–Kier alpha value is -1.68.